The third kappa shape index (κ3) is 4.54. The summed E-state index contributed by atoms with van der Waals surface area (Å²) in [5, 5.41) is 11.9. The van der Waals surface area contributed by atoms with E-state index in [1.54, 1.807) is 4.57 Å². The van der Waals surface area contributed by atoms with E-state index >= 15 is 0 Å². The highest BCUT2D eigenvalue weighted by atomic mass is 16.3. The molecule has 0 saturated carbocycles. The zero-order chi connectivity index (χ0) is 21.1. The van der Waals surface area contributed by atoms with E-state index in [0.717, 1.165) is 33.3 Å². The predicted molar refractivity (Wildman–Crippen MR) is 115 cm³/mol. The summed E-state index contributed by atoms with van der Waals surface area (Å²) in [6.07, 6.45) is 1.61. The number of ketones is 1. The van der Waals surface area contributed by atoms with Gasteiger partial charge in [-0.2, -0.15) is 0 Å². The van der Waals surface area contributed by atoms with Crippen molar-refractivity contribution in [3.05, 3.63) is 58.7 Å². The smallest absolute Gasteiger partial charge is 0.217 e. The maximum absolute atomic E-state index is 11.8. The lowest BCUT2D eigenvalue weighted by Crippen LogP contribution is -2.13. The van der Waals surface area contributed by atoms with Gasteiger partial charge in [0.15, 0.2) is 5.78 Å². The lowest BCUT2D eigenvalue weighted by Gasteiger charge is -2.10. The summed E-state index contributed by atoms with van der Waals surface area (Å²) < 4.78 is 1.80. The number of hydrogen-bond acceptors (Lipinski definition) is 4. The van der Waals surface area contributed by atoms with Gasteiger partial charge in [-0.15, -0.1) is 0 Å². The van der Waals surface area contributed by atoms with Crippen LogP contribution >= 0.6 is 0 Å². The van der Waals surface area contributed by atoms with Crippen LogP contribution in [-0.4, -0.2) is 34.1 Å². The number of fused-ring (bicyclic) bond motifs is 1. The van der Waals surface area contributed by atoms with Gasteiger partial charge >= 0.3 is 0 Å². The van der Waals surface area contributed by atoms with E-state index in [0.29, 0.717) is 5.56 Å². The molecule has 0 unspecified atom stereocenters. The van der Waals surface area contributed by atoms with Gasteiger partial charge in [0.1, 0.15) is 0 Å². The number of amides is 1. The fourth-order valence-corrected chi connectivity index (χ4v) is 3.46. The second kappa shape index (κ2) is 8.31. The first-order chi connectivity index (χ1) is 13.8. The number of benzene rings is 2. The molecule has 6 nitrogen and oxygen atoms in total. The van der Waals surface area contributed by atoms with E-state index in [9.17, 15) is 14.7 Å². The van der Waals surface area contributed by atoms with Gasteiger partial charge in [-0.1, -0.05) is 18.2 Å². The summed E-state index contributed by atoms with van der Waals surface area (Å²) in [6.45, 7) is 5.98. The zero-order valence-corrected chi connectivity index (χ0v) is 16.9. The minimum Gasteiger partial charge on any atom is -0.494 e. The van der Waals surface area contributed by atoms with E-state index in [1.807, 2.05) is 51.1 Å². The molecular weight excluding hydrogens is 366 g/mol. The Kier molecular flexibility index (Phi) is 5.82. The Balaban J connectivity index is 2.03. The Morgan fingerprint density at radius 3 is 2.38 bits per heavy atom. The van der Waals surface area contributed by atoms with Crippen molar-refractivity contribution in [2.75, 3.05) is 6.54 Å². The number of aromatic nitrogens is 1. The van der Waals surface area contributed by atoms with Crippen LogP contribution in [0.2, 0.25) is 0 Å². The molecule has 3 aromatic rings. The predicted octanol–water partition coefficient (Wildman–Crippen LogP) is 3.51. The molecule has 1 amide bonds. The number of aryl methyl sites for hydroxylation is 3. The first kappa shape index (κ1) is 20.3. The molecule has 0 fully saturated rings. The van der Waals surface area contributed by atoms with Gasteiger partial charge in [0.05, 0.1) is 17.6 Å². The molecule has 3 N–H and O–H groups in total. The van der Waals surface area contributed by atoms with Gasteiger partial charge in [0.25, 0.3) is 0 Å². The first-order valence-corrected chi connectivity index (χ1v) is 9.49. The lowest BCUT2D eigenvalue weighted by atomic mass is 10.1. The number of carbonyl (C=O) groups is 2. The molecule has 0 spiro atoms. The summed E-state index contributed by atoms with van der Waals surface area (Å²) in [4.78, 5) is 26.8. The Hall–Kier alpha value is -3.41. The van der Waals surface area contributed by atoms with Gasteiger partial charge in [-0.05, 0) is 55.7 Å². The summed E-state index contributed by atoms with van der Waals surface area (Å²) in [5.74, 6) is -0.607. The van der Waals surface area contributed by atoms with E-state index in [-0.39, 0.29) is 31.0 Å². The Bertz CT molecular complexity index is 1110. The molecular formula is C23H25N3O3. The molecule has 0 aliphatic heterocycles. The average molecular weight is 391 g/mol. The number of hydrogen-bond donors (Lipinski definition) is 2. The molecule has 6 heteroatoms. The zero-order valence-electron chi connectivity index (χ0n) is 16.9. The standard InChI is InChI=1S/C23H25N3O3/c1-14-4-6-19-20(13-25-12-18(27)5-7-22(24)28)23(29)26(21(19)11-14)17-9-15(2)8-16(3)10-17/h4,6,8-11,13,29H,5,7,12H2,1-3H3,(H2,24,28). The van der Waals surface area contributed by atoms with Gasteiger partial charge in [0.2, 0.25) is 11.8 Å². The average Bonchev–Trinajstić information content (AvgIpc) is 2.90. The Morgan fingerprint density at radius 1 is 1.03 bits per heavy atom. The Morgan fingerprint density at radius 2 is 1.72 bits per heavy atom. The summed E-state index contributed by atoms with van der Waals surface area (Å²) in [6, 6.07) is 12.0. The van der Waals surface area contributed by atoms with E-state index in [2.05, 4.69) is 11.1 Å². The van der Waals surface area contributed by atoms with Crippen molar-refractivity contribution in [1.29, 1.82) is 0 Å². The maximum atomic E-state index is 11.8. The van der Waals surface area contributed by atoms with Crippen LogP contribution in [0.1, 0.15) is 35.1 Å². The number of rotatable bonds is 7. The molecule has 3 rings (SSSR count). The molecule has 1 heterocycles. The van der Waals surface area contributed by atoms with Crippen molar-refractivity contribution < 1.29 is 14.7 Å². The molecule has 0 aliphatic rings. The van der Waals surface area contributed by atoms with Gasteiger partial charge in [-0.25, -0.2) is 0 Å². The van der Waals surface area contributed by atoms with Crippen molar-refractivity contribution in [2.24, 2.45) is 10.7 Å². The second-order valence-electron chi connectivity index (χ2n) is 7.41. The van der Waals surface area contributed by atoms with Gasteiger partial charge in [0, 0.05) is 30.1 Å². The summed E-state index contributed by atoms with van der Waals surface area (Å²) in [5.41, 5.74) is 10.6. The third-order valence-electron chi connectivity index (χ3n) is 4.74. The molecule has 1 aromatic heterocycles. The number of aromatic hydroxyl groups is 1. The van der Waals surface area contributed by atoms with E-state index in [4.69, 9.17) is 5.73 Å². The molecule has 0 bridgehead atoms. The molecule has 150 valence electrons. The summed E-state index contributed by atoms with van der Waals surface area (Å²) >= 11 is 0. The van der Waals surface area contributed by atoms with Crippen molar-refractivity contribution in [1.82, 2.24) is 4.57 Å². The van der Waals surface area contributed by atoms with Crippen LogP contribution in [0.25, 0.3) is 16.6 Å². The fraction of sp³-hybridized carbons (Fsp3) is 0.261. The molecule has 0 aliphatic carbocycles. The normalized spacial score (nSPS) is 11.4. The fourth-order valence-electron chi connectivity index (χ4n) is 3.46. The van der Waals surface area contributed by atoms with Crippen LogP contribution in [0.4, 0.5) is 0 Å². The number of carbonyl (C=O) groups excluding carboxylic acids is 2. The highest BCUT2D eigenvalue weighted by Crippen LogP contribution is 2.34. The highest BCUT2D eigenvalue weighted by Gasteiger charge is 2.17. The number of nitrogens with two attached hydrogens (primary N) is 1. The number of primary amides is 1. The monoisotopic (exact) mass is 391 g/mol. The largest absolute Gasteiger partial charge is 0.494 e. The van der Waals surface area contributed by atoms with Crippen LogP contribution in [0.15, 0.2) is 41.4 Å². The van der Waals surface area contributed by atoms with E-state index in [1.165, 1.54) is 6.21 Å². The van der Waals surface area contributed by atoms with Crippen LogP contribution in [0.3, 0.4) is 0 Å². The number of Topliss-reactive ketones (excluding diaryl/α,β-unsaturated/α-hetero) is 1. The molecule has 2 aromatic carbocycles. The number of aliphatic imine (C=N–C) groups is 1. The minimum atomic E-state index is -0.508. The van der Waals surface area contributed by atoms with Crippen molar-refractivity contribution in [3.8, 4) is 11.6 Å². The minimum absolute atomic E-state index is 0.0187. The first-order valence-electron chi connectivity index (χ1n) is 9.49. The third-order valence-corrected chi connectivity index (χ3v) is 4.74. The van der Waals surface area contributed by atoms with Crippen LogP contribution in [0.5, 0.6) is 5.88 Å². The van der Waals surface area contributed by atoms with Crippen molar-refractivity contribution >= 4 is 28.8 Å². The molecule has 0 saturated heterocycles. The Labute approximate surface area is 169 Å². The van der Waals surface area contributed by atoms with Crippen molar-refractivity contribution in [2.45, 2.75) is 33.6 Å². The van der Waals surface area contributed by atoms with Gasteiger partial charge in [-0.3, -0.25) is 19.1 Å². The highest BCUT2D eigenvalue weighted by molar-refractivity contribution is 6.04. The maximum Gasteiger partial charge on any atom is 0.217 e. The molecule has 29 heavy (non-hydrogen) atoms. The number of nitrogens with zero attached hydrogens (tertiary/aromatic N) is 2. The summed E-state index contributed by atoms with van der Waals surface area (Å²) in [7, 11) is 0. The second-order valence-corrected chi connectivity index (χ2v) is 7.41. The molecule has 0 atom stereocenters. The van der Waals surface area contributed by atoms with Crippen LogP contribution in [0, 0.1) is 20.8 Å². The quantitative estimate of drug-likeness (QED) is 0.603. The topological polar surface area (TPSA) is 97.7 Å². The van der Waals surface area contributed by atoms with E-state index < -0.39 is 5.91 Å². The SMILES string of the molecule is Cc1cc(C)cc(-n2c(O)c(C=NCC(=O)CCC(N)=O)c3ccc(C)cc32)c1. The van der Waals surface area contributed by atoms with Gasteiger partial charge < -0.3 is 10.8 Å². The lowest BCUT2D eigenvalue weighted by molar-refractivity contribution is -0.123. The van der Waals surface area contributed by atoms with Crippen LogP contribution in [-0.2, 0) is 9.59 Å². The molecule has 0 radical (unpaired) electrons. The van der Waals surface area contributed by atoms with Crippen LogP contribution < -0.4 is 5.73 Å². The van der Waals surface area contributed by atoms with Crippen molar-refractivity contribution in [3.63, 3.8) is 0 Å².